The van der Waals surface area contributed by atoms with Crippen LogP contribution in [0.4, 0.5) is 5.13 Å². The minimum atomic E-state index is -1.20. The smallest absolute Gasteiger partial charge is 0.352 e. The SMILES string of the molecule is C=CCON=C(C(=O)NC1C(=O)N2C(C(=O)O)=C(CSc3nncs3)CS[C@@H]12)c1csc(N)n1. The van der Waals surface area contributed by atoms with E-state index < -0.39 is 29.2 Å². The fourth-order valence-corrected chi connectivity index (χ4v) is 6.66. The van der Waals surface area contributed by atoms with Crippen molar-refractivity contribution in [3.8, 4) is 0 Å². The first kappa shape index (κ1) is 24.2. The van der Waals surface area contributed by atoms with Crippen LogP contribution in [0, 0.1) is 0 Å². The Hall–Kier alpha value is -2.95. The van der Waals surface area contributed by atoms with E-state index in [-0.39, 0.29) is 28.8 Å². The average Bonchev–Trinajstić information content (AvgIpc) is 3.49. The molecule has 2 atom stereocenters. The monoisotopic (exact) mass is 539 g/mol. The van der Waals surface area contributed by atoms with Crippen molar-refractivity contribution in [3.05, 3.63) is 40.5 Å². The molecule has 178 valence electrons. The molecule has 2 aliphatic heterocycles. The Balaban J connectivity index is 1.49. The first-order valence-electron chi connectivity index (χ1n) is 9.52. The zero-order valence-corrected chi connectivity index (χ0v) is 20.5. The highest BCUT2D eigenvalue weighted by Crippen LogP contribution is 2.41. The number of oxime groups is 1. The summed E-state index contributed by atoms with van der Waals surface area (Å²) >= 11 is 5.20. The topological polar surface area (TPSA) is 173 Å². The number of aliphatic carboxylic acids is 1. The van der Waals surface area contributed by atoms with Crippen molar-refractivity contribution in [2.24, 2.45) is 5.16 Å². The lowest BCUT2D eigenvalue weighted by molar-refractivity contribution is -0.150. The summed E-state index contributed by atoms with van der Waals surface area (Å²) in [7, 11) is 0. The Morgan fingerprint density at radius 1 is 1.47 bits per heavy atom. The van der Waals surface area contributed by atoms with E-state index >= 15 is 0 Å². The lowest BCUT2D eigenvalue weighted by atomic mass is 10.0. The van der Waals surface area contributed by atoms with Crippen LogP contribution in [-0.4, -0.2) is 78.2 Å². The highest BCUT2D eigenvalue weighted by atomic mass is 32.2. The van der Waals surface area contributed by atoms with Crippen LogP contribution < -0.4 is 11.1 Å². The number of carbonyl (C=O) groups is 3. The molecule has 2 aromatic heterocycles. The second kappa shape index (κ2) is 10.5. The van der Waals surface area contributed by atoms with E-state index in [1.807, 2.05) is 0 Å². The lowest BCUT2D eigenvalue weighted by Gasteiger charge is -2.49. The molecule has 4 N–H and O–H groups in total. The molecule has 0 radical (unpaired) electrons. The number of nitrogens with zero attached hydrogens (tertiary/aromatic N) is 5. The number of carboxylic acid groups (broad SMARTS) is 1. The summed E-state index contributed by atoms with van der Waals surface area (Å²) in [4.78, 5) is 48.1. The van der Waals surface area contributed by atoms with Gasteiger partial charge < -0.3 is 21.0 Å². The van der Waals surface area contributed by atoms with E-state index in [0.29, 0.717) is 21.4 Å². The summed E-state index contributed by atoms with van der Waals surface area (Å²) < 4.78 is 0.706. The fourth-order valence-electron chi connectivity index (χ4n) is 3.13. The summed E-state index contributed by atoms with van der Waals surface area (Å²) in [5, 5.41) is 25.1. The number of nitrogen functional groups attached to an aromatic ring is 1. The molecule has 1 fully saturated rings. The maximum Gasteiger partial charge on any atom is 0.352 e. The van der Waals surface area contributed by atoms with Crippen molar-refractivity contribution < 1.29 is 24.3 Å². The number of anilines is 1. The van der Waals surface area contributed by atoms with Crippen LogP contribution in [0.15, 0.2) is 44.3 Å². The number of hydrogen-bond donors (Lipinski definition) is 3. The van der Waals surface area contributed by atoms with Gasteiger partial charge >= 0.3 is 5.97 Å². The Labute approximate surface area is 209 Å². The zero-order valence-electron chi connectivity index (χ0n) is 17.2. The van der Waals surface area contributed by atoms with E-state index in [2.05, 4.69) is 32.2 Å². The maximum absolute atomic E-state index is 12.9. The van der Waals surface area contributed by atoms with E-state index in [1.165, 1.54) is 45.8 Å². The molecule has 1 saturated heterocycles. The van der Waals surface area contributed by atoms with E-state index in [9.17, 15) is 19.5 Å². The highest BCUT2D eigenvalue weighted by Gasteiger charge is 2.54. The number of rotatable bonds is 10. The van der Waals surface area contributed by atoms with Gasteiger partial charge in [-0.2, -0.15) is 0 Å². The Bertz CT molecular complexity index is 1180. The third kappa shape index (κ3) is 4.94. The highest BCUT2D eigenvalue weighted by molar-refractivity contribution is 8.01. The van der Waals surface area contributed by atoms with Crippen LogP contribution in [0.2, 0.25) is 0 Å². The number of nitrogens with two attached hydrogens (primary N) is 1. The third-order valence-corrected chi connectivity index (χ3v) is 8.53. The van der Waals surface area contributed by atoms with Gasteiger partial charge in [0, 0.05) is 16.9 Å². The van der Waals surface area contributed by atoms with E-state index in [1.54, 1.807) is 10.9 Å². The first-order chi connectivity index (χ1) is 16.4. The van der Waals surface area contributed by atoms with Gasteiger partial charge in [0.25, 0.3) is 11.8 Å². The van der Waals surface area contributed by atoms with E-state index in [0.717, 1.165) is 11.3 Å². The number of thiazole rings is 1. The van der Waals surface area contributed by atoms with Crippen LogP contribution >= 0.6 is 46.2 Å². The molecule has 4 rings (SSSR count). The molecule has 0 aromatic carbocycles. The lowest BCUT2D eigenvalue weighted by Crippen LogP contribution is -2.71. The van der Waals surface area contributed by atoms with Crippen molar-refractivity contribution in [2.75, 3.05) is 23.8 Å². The number of nitrogens with one attached hydrogen (secondary N) is 1. The molecule has 34 heavy (non-hydrogen) atoms. The van der Waals surface area contributed by atoms with E-state index in [4.69, 9.17) is 10.6 Å². The summed E-state index contributed by atoms with van der Waals surface area (Å²) in [6.45, 7) is 3.58. The third-order valence-electron chi connectivity index (χ3n) is 4.57. The quantitative estimate of drug-likeness (QED) is 0.0982. The molecule has 4 heterocycles. The number of amides is 2. The number of thioether (sulfide) groups is 2. The van der Waals surface area contributed by atoms with Crippen LogP contribution in [0.5, 0.6) is 0 Å². The zero-order chi connectivity index (χ0) is 24.2. The van der Waals surface area contributed by atoms with Gasteiger partial charge in [0.05, 0.1) is 0 Å². The van der Waals surface area contributed by atoms with Gasteiger partial charge in [0.15, 0.2) is 15.2 Å². The molecule has 2 amide bonds. The largest absolute Gasteiger partial charge is 0.477 e. The molecule has 12 nitrogen and oxygen atoms in total. The van der Waals surface area contributed by atoms with Crippen LogP contribution in [0.25, 0.3) is 0 Å². The summed E-state index contributed by atoms with van der Waals surface area (Å²) in [6.07, 6.45) is 1.46. The van der Waals surface area contributed by atoms with Gasteiger partial charge in [-0.05, 0) is 5.57 Å². The molecule has 0 spiro atoms. The van der Waals surface area contributed by atoms with Crippen molar-refractivity contribution in [2.45, 2.75) is 15.8 Å². The standard InChI is InChI=1S/C18H17N7O5S4/c1-2-3-30-24-10(9-6-32-17(19)21-9)13(26)22-11-14(27)25-12(16(28)29)8(4-31-15(11)25)5-33-18-23-20-7-34-18/h2,6-7,11,15H,1,3-5H2,(H2,19,21)(H,22,26)(H,28,29)/t11?,15-/m0/s1. The van der Waals surface area contributed by atoms with Crippen molar-refractivity contribution in [1.29, 1.82) is 0 Å². The van der Waals surface area contributed by atoms with Gasteiger partial charge in [-0.1, -0.05) is 40.9 Å². The number of fused-ring (bicyclic) bond motifs is 1. The Morgan fingerprint density at radius 3 is 2.94 bits per heavy atom. The molecule has 2 aromatic rings. The Kier molecular flexibility index (Phi) is 7.50. The van der Waals surface area contributed by atoms with Crippen molar-refractivity contribution in [3.63, 3.8) is 0 Å². The molecule has 16 heteroatoms. The molecule has 1 unspecified atom stereocenters. The second-order valence-corrected chi connectivity index (χ2v) is 10.8. The minimum absolute atomic E-state index is 0.0632. The number of carbonyl (C=O) groups excluding carboxylic acids is 2. The van der Waals surface area contributed by atoms with Gasteiger partial charge in [-0.25, -0.2) is 9.78 Å². The Morgan fingerprint density at radius 2 is 2.29 bits per heavy atom. The molecule has 0 aliphatic carbocycles. The van der Waals surface area contributed by atoms with Crippen LogP contribution in [0.3, 0.4) is 0 Å². The fraction of sp³-hybridized carbons (Fsp3) is 0.278. The van der Waals surface area contributed by atoms with Gasteiger partial charge in [0.2, 0.25) is 0 Å². The molecule has 2 aliphatic rings. The molecule has 0 bridgehead atoms. The predicted octanol–water partition coefficient (Wildman–Crippen LogP) is 1.01. The number of hydrogen-bond acceptors (Lipinski definition) is 13. The summed E-state index contributed by atoms with van der Waals surface area (Å²) in [5.41, 5.74) is 7.84. The van der Waals surface area contributed by atoms with Gasteiger partial charge in [-0.3, -0.25) is 14.5 Å². The van der Waals surface area contributed by atoms with Crippen molar-refractivity contribution in [1.82, 2.24) is 25.4 Å². The molecular weight excluding hydrogens is 523 g/mol. The average molecular weight is 540 g/mol. The van der Waals surface area contributed by atoms with Crippen molar-refractivity contribution >= 4 is 74.8 Å². The minimum Gasteiger partial charge on any atom is -0.477 e. The van der Waals surface area contributed by atoms with Gasteiger partial charge in [0.1, 0.15) is 34.9 Å². The number of aromatic nitrogens is 3. The normalized spacial score (nSPS) is 19.9. The second-order valence-electron chi connectivity index (χ2n) is 6.71. The van der Waals surface area contributed by atoms with Gasteiger partial charge in [-0.15, -0.1) is 33.3 Å². The molecule has 0 saturated carbocycles. The number of β-lactam (4-membered cyclic amide) rings is 1. The molecular formula is C18H17N7O5S4. The predicted molar refractivity (Wildman–Crippen MR) is 130 cm³/mol. The first-order valence-corrected chi connectivity index (χ1v) is 13.3. The summed E-state index contributed by atoms with van der Waals surface area (Å²) in [5.74, 6) is -1.66. The maximum atomic E-state index is 12.9. The van der Waals surface area contributed by atoms with Crippen LogP contribution in [-0.2, 0) is 19.2 Å². The number of carboxylic acids is 1. The summed E-state index contributed by atoms with van der Waals surface area (Å²) in [6, 6.07) is -0.926. The van der Waals surface area contributed by atoms with Crippen LogP contribution in [0.1, 0.15) is 5.69 Å².